The van der Waals surface area contributed by atoms with E-state index in [0.717, 1.165) is 42.3 Å². The van der Waals surface area contributed by atoms with Gasteiger partial charge in [-0.25, -0.2) is 4.98 Å². The normalized spacial score (nSPS) is 24.8. The first-order valence-electron chi connectivity index (χ1n) is 6.93. The van der Waals surface area contributed by atoms with Crippen LogP contribution in [0.1, 0.15) is 48.7 Å². The minimum atomic E-state index is 0.219. The highest BCUT2D eigenvalue weighted by molar-refractivity contribution is 7.11. The molecule has 100 valence electrons. The van der Waals surface area contributed by atoms with Gasteiger partial charge in [-0.3, -0.25) is 4.79 Å². The number of nitrogens with zero attached hydrogens (tertiary/aromatic N) is 1. The SMILES string of the molecule is Cc1nc(CC2CC(C(C)C)CCC2=O)sc1C. The monoisotopic (exact) mass is 265 g/mol. The number of thiazole rings is 1. The van der Waals surface area contributed by atoms with Crippen molar-refractivity contribution >= 4 is 17.1 Å². The summed E-state index contributed by atoms with van der Waals surface area (Å²) in [6.07, 6.45) is 3.79. The summed E-state index contributed by atoms with van der Waals surface area (Å²) in [6, 6.07) is 0. The molecule has 0 aliphatic heterocycles. The molecule has 0 aromatic carbocycles. The summed E-state index contributed by atoms with van der Waals surface area (Å²) >= 11 is 1.76. The first-order valence-corrected chi connectivity index (χ1v) is 7.74. The first kappa shape index (κ1) is 13.7. The molecule has 0 N–H and O–H groups in total. The maximum atomic E-state index is 12.0. The van der Waals surface area contributed by atoms with Crippen molar-refractivity contribution < 1.29 is 4.79 Å². The van der Waals surface area contributed by atoms with Crippen molar-refractivity contribution in [2.24, 2.45) is 17.8 Å². The van der Waals surface area contributed by atoms with Gasteiger partial charge in [0.25, 0.3) is 0 Å². The van der Waals surface area contributed by atoms with Crippen LogP contribution in [0.5, 0.6) is 0 Å². The molecule has 2 nitrogen and oxygen atoms in total. The summed E-state index contributed by atoms with van der Waals surface area (Å²) in [6.45, 7) is 8.70. The van der Waals surface area contributed by atoms with Crippen LogP contribution in [0, 0.1) is 31.6 Å². The second-order valence-corrected chi connectivity index (χ2v) is 7.18. The Hall–Kier alpha value is -0.700. The van der Waals surface area contributed by atoms with Crippen molar-refractivity contribution in [3.63, 3.8) is 0 Å². The van der Waals surface area contributed by atoms with E-state index in [4.69, 9.17) is 0 Å². The molecular formula is C15H23NOS. The van der Waals surface area contributed by atoms with Crippen molar-refractivity contribution in [2.75, 3.05) is 0 Å². The van der Waals surface area contributed by atoms with E-state index >= 15 is 0 Å². The quantitative estimate of drug-likeness (QED) is 0.828. The summed E-state index contributed by atoms with van der Waals surface area (Å²) in [5.41, 5.74) is 1.12. The van der Waals surface area contributed by atoms with Crippen LogP contribution in [0.4, 0.5) is 0 Å². The fourth-order valence-electron chi connectivity index (χ4n) is 2.79. The van der Waals surface area contributed by atoms with Crippen molar-refractivity contribution in [3.05, 3.63) is 15.6 Å². The maximum Gasteiger partial charge on any atom is 0.136 e. The van der Waals surface area contributed by atoms with E-state index in [0.29, 0.717) is 11.7 Å². The van der Waals surface area contributed by atoms with Gasteiger partial charge >= 0.3 is 0 Å². The van der Waals surface area contributed by atoms with Gasteiger partial charge in [-0.05, 0) is 38.5 Å². The second kappa shape index (κ2) is 5.52. The summed E-state index contributed by atoms with van der Waals surface area (Å²) in [4.78, 5) is 17.9. The number of ketones is 1. The van der Waals surface area contributed by atoms with Crippen molar-refractivity contribution in [1.29, 1.82) is 0 Å². The third-order valence-corrected chi connectivity index (χ3v) is 5.34. The Bertz CT molecular complexity index is 416. The molecule has 1 aliphatic rings. The van der Waals surface area contributed by atoms with Crippen LogP contribution >= 0.6 is 11.3 Å². The number of aromatic nitrogens is 1. The van der Waals surface area contributed by atoms with E-state index in [1.54, 1.807) is 11.3 Å². The molecule has 18 heavy (non-hydrogen) atoms. The van der Waals surface area contributed by atoms with Gasteiger partial charge in [0.15, 0.2) is 0 Å². The second-order valence-electron chi connectivity index (χ2n) is 5.90. The minimum absolute atomic E-state index is 0.219. The molecule has 1 aromatic heterocycles. The van der Waals surface area contributed by atoms with Gasteiger partial charge in [0, 0.05) is 23.6 Å². The van der Waals surface area contributed by atoms with Crippen LogP contribution in [0.2, 0.25) is 0 Å². The lowest BCUT2D eigenvalue weighted by Crippen LogP contribution is -2.28. The zero-order chi connectivity index (χ0) is 13.3. The third-order valence-electron chi connectivity index (χ3n) is 4.24. The molecule has 2 atom stereocenters. The highest BCUT2D eigenvalue weighted by Gasteiger charge is 2.30. The Morgan fingerprint density at radius 1 is 1.39 bits per heavy atom. The highest BCUT2D eigenvalue weighted by atomic mass is 32.1. The zero-order valence-corrected chi connectivity index (χ0v) is 12.6. The van der Waals surface area contributed by atoms with Gasteiger partial charge in [-0.2, -0.15) is 0 Å². The zero-order valence-electron chi connectivity index (χ0n) is 11.8. The fraction of sp³-hybridized carbons (Fsp3) is 0.733. The Kier molecular flexibility index (Phi) is 4.21. The average Bonchev–Trinajstić information content (AvgIpc) is 2.61. The number of carbonyl (C=O) groups excluding carboxylic acids is 1. The molecular weight excluding hydrogens is 242 g/mol. The van der Waals surface area contributed by atoms with Crippen LogP contribution in [-0.2, 0) is 11.2 Å². The lowest BCUT2D eigenvalue weighted by atomic mass is 9.74. The molecule has 0 bridgehead atoms. The molecule has 1 saturated carbocycles. The van der Waals surface area contributed by atoms with E-state index in [-0.39, 0.29) is 5.92 Å². The molecule has 2 rings (SSSR count). The summed E-state index contributed by atoms with van der Waals surface area (Å²) < 4.78 is 0. The number of hydrogen-bond donors (Lipinski definition) is 0. The number of Topliss-reactive ketones (excluding diaryl/α,β-unsaturated/α-hetero) is 1. The summed E-state index contributed by atoms with van der Waals surface area (Å²) in [5, 5.41) is 1.15. The molecule has 0 amide bonds. The van der Waals surface area contributed by atoms with E-state index in [9.17, 15) is 4.79 Å². The van der Waals surface area contributed by atoms with Gasteiger partial charge in [-0.1, -0.05) is 13.8 Å². The van der Waals surface area contributed by atoms with Crippen LogP contribution in [0.15, 0.2) is 0 Å². The third kappa shape index (κ3) is 3.00. The molecule has 1 fully saturated rings. The number of rotatable bonds is 3. The molecule has 1 heterocycles. The van der Waals surface area contributed by atoms with E-state index in [1.807, 2.05) is 0 Å². The summed E-state index contributed by atoms with van der Waals surface area (Å²) in [5.74, 6) is 2.09. The number of hydrogen-bond acceptors (Lipinski definition) is 3. The number of carbonyl (C=O) groups is 1. The topological polar surface area (TPSA) is 30.0 Å². The van der Waals surface area contributed by atoms with Crippen molar-refractivity contribution in [1.82, 2.24) is 4.98 Å². The fourth-order valence-corrected chi connectivity index (χ4v) is 3.80. The molecule has 1 aliphatic carbocycles. The standard InChI is InChI=1S/C15H23NOS/c1-9(2)12-5-6-14(17)13(7-12)8-15-16-10(3)11(4)18-15/h9,12-13H,5-8H2,1-4H3. The van der Waals surface area contributed by atoms with Crippen LogP contribution < -0.4 is 0 Å². The van der Waals surface area contributed by atoms with E-state index in [2.05, 4.69) is 32.7 Å². The Morgan fingerprint density at radius 3 is 2.67 bits per heavy atom. The summed E-state index contributed by atoms with van der Waals surface area (Å²) in [7, 11) is 0. The van der Waals surface area contributed by atoms with Crippen LogP contribution in [-0.4, -0.2) is 10.8 Å². The van der Waals surface area contributed by atoms with Crippen LogP contribution in [0.3, 0.4) is 0 Å². The molecule has 1 aromatic rings. The first-order chi connectivity index (χ1) is 8.47. The molecule has 0 spiro atoms. The van der Waals surface area contributed by atoms with Gasteiger partial charge in [-0.15, -0.1) is 11.3 Å². The largest absolute Gasteiger partial charge is 0.299 e. The lowest BCUT2D eigenvalue weighted by Gasteiger charge is -2.30. The highest BCUT2D eigenvalue weighted by Crippen LogP contribution is 2.34. The minimum Gasteiger partial charge on any atom is -0.299 e. The maximum absolute atomic E-state index is 12.0. The van der Waals surface area contributed by atoms with Gasteiger partial charge in [0.1, 0.15) is 5.78 Å². The average molecular weight is 265 g/mol. The van der Waals surface area contributed by atoms with Gasteiger partial charge < -0.3 is 0 Å². The van der Waals surface area contributed by atoms with Crippen LogP contribution in [0.25, 0.3) is 0 Å². The van der Waals surface area contributed by atoms with E-state index < -0.39 is 0 Å². The predicted molar refractivity (Wildman–Crippen MR) is 76.0 cm³/mol. The van der Waals surface area contributed by atoms with Crippen molar-refractivity contribution in [2.45, 2.75) is 53.4 Å². The Labute approximate surface area is 114 Å². The molecule has 3 heteroatoms. The Morgan fingerprint density at radius 2 is 2.11 bits per heavy atom. The Balaban J connectivity index is 2.04. The molecule has 0 radical (unpaired) electrons. The molecule has 0 saturated heterocycles. The number of aryl methyl sites for hydroxylation is 2. The predicted octanol–water partition coefficient (Wildman–Crippen LogP) is 3.94. The smallest absolute Gasteiger partial charge is 0.136 e. The molecule has 2 unspecified atom stereocenters. The van der Waals surface area contributed by atoms with E-state index in [1.165, 1.54) is 4.88 Å². The lowest BCUT2D eigenvalue weighted by molar-refractivity contribution is -0.125. The van der Waals surface area contributed by atoms with Gasteiger partial charge in [0.05, 0.1) is 10.7 Å². The van der Waals surface area contributed by atoms with Gasteiger partial charge in [0.2, 0.25) is 0 Å². The van der Waals surface area contributed by atoms with Crippen molar-refractivity contribution in [3.8, 4) is 0 Å².